The van der Waals surface area contributed by atoms with Gasteiger partial charge in [0.2, 0.25) is 0 Å². The predicted molar refractivity (Wildman–Crippen MR) is 106 cm³/mol. The lowest BCUT2D eigenvalue weighted by Gasteiger charge is -2.14. The average Bonchev–Trinajstić information content (AvgIpc) is 2.96. The molecular weight excluding hydrogens is 376 g/mol. The van der Waals surface area contributed by atoms with E-state index in [1.807, 2.05) is 0 Å². The molecule has 2 rings (SSSR count). The average molecular weight is 400 g/mol. The van der Waals surface area contributed by atoms with E-state index in [-0.39, 0.29) is 23.6 Å². The lowest BCUT2D eigenvalue weighted by Crippen LogP contribution is -2.30. The minimum Gasteiger partial charge on any atom is -0.461 e. The van der Waals surface area contributed by atoms with Crippen LogP contribution in [0.25, 0.3) is 0 Å². The molecule has 0 spiro atoms. The SMILES string of the molecule is CCOC(=O)c1[nH]c(C)c(C(=O)O[C@H](C)C(=O)Nc2ccc(C(C)=O)cc2)c1C. The van der Waals surface area contributed by atoms with E-state index in [2.05, 4.69) is 10.3 Å². The number of ketones is 1. The summed E-state index contributed by atoms with van der Waals surface area (Å²) in [5, 5.41) is 2.62. The predicted octanol–water partition coefficient (Wildman–Crippen LogP) is 3.19. The molecule has 154 valence electrons. The number of esters is 2. The summed E-state index contributed by atoms with van der Waals surface area (Å²) in [6.45, 7) is 8.03. The van der Waals surface area contributed by atoms with Gasteiger partial charge in [-0.15, -0.1) is 0 Å². The van der Waals surface area contributed by atoms with Crippen LogP contribution in [-0.4, -0.2) is 41.3 Å². The van der Waals surface area contributed by atoms with Crippen molar-refractivity contribution >= 4 is 29.3 Å². The molecule has 0 aliphatic heterocycles. The van der Waals surface area contributed by atoms with Crippen molar-refractivity contribution < 1.29 is 28.7 Å². The minimum absolute atomic E-state index is 0.0791. The Kier molecular flexibility index (Phi) is 6.93. The number of rotatable bonds is 7. The zero-order valence-corrected chi connectivity index (χ0v) is 17.0. The number of anilines is 1. The summed E-state index contributed by atoms with van der Waals surface area (Å²) in [6, 6.07) is 6.38. The van der Waals surface area contributed by atoms with E-state index in [1.165, 1.54) is 13.8 Å². The fraction of sp³-hybridized carbons (Fsp3) is 0.333. The molecule has 0 fully saturated rings. The third kappa shape index (κ3) is 5.10. The number of benzene rings is 1. The minimum atomic E-state index is -1.07. The second-order valence-corrected chi connectivity index (χ2v) is 6.52. The van der Waals surface area contributed by atoms with Crippen LogP contribution in [0.2, 0.25) is 0 Å². The lowest BCUT2D eigenvalue weighted by molar-refractivity contribution is -0.123. The molecule has 2 aromatic rings. The van der Waals surface area contributed by atoms with E-state index in [1.54, 1.807) is 45.0 Å². The van der Waals surface area contributed by atoms with Gasteiger partial charge in [0, 0.05) is 16.9 Å². The zero-order chi connectivity index (χ0) is 21.7. The number of amides is 1. The highest BCUT2D eigenvalue weighted by Gasteiger charge is 2.26. The van der Waals surface area contributed by atoms with Crippen LogP contribution in [-0.2, 0) is 14.3 Å². The number of hydrogen-bond acceptors (Lipinski definition) is 6. The van der Waals surface area contributed by atoms with Crippen LogP contribution in [0.5, 0.6) is 0 Å². The van der Waals surface area contributed by atoms with Gasteiger partial charge < -0.3 is 19.8 Å². The van der Waals surface area contributed by atoms with Gasteiger partial charge in [-0.2, -0.15) is 0 Å². The summed E-state index contributed by atoms with van der Waals surface area (Å²) in [4.78, 5) is 51.0. The van der Waals surface area contributed by atoms with Crippen LogP contribution < -0.4 is 5.32 Å². The molecule has 0 radical (unpaired) electrons. The van der Waals surface area contributed by atoms with Gasteiger partial charge >= 0.3 is 11.9 Å². The molecule has 0 unspecified atom stereocenters. The van der Waals surface area contributed by atoms with E-state index in [0.717, 1.165) is 0 Å². The zero-order valence-electron chi connectivity index (χ0n) is 17.0. The summed E-state index contributed by atoms with van der Waals surface area (Å²) in [5.41, 5.74) is 2.22. The summed E-state index contributed by atoms with van der Waals surface area (Å²) < 4.78 is 10.2. The van der Waals surface area contributed by atoms with Crippen LogP contribution >= 0.6 is 0 Å². The third-order valence-electron chi connectivity index (χ3n) is 4.33. The fourth-order valence-electron chi connectivity index (χ4n) is 2.77. The van der Waals surface area contributed by atoms with Crippen molar-refractivity contribution in [2.75, 3.05) is 11.9 Å². The van der Waals surface area contributed by atoms with Crippen molar-refractivity contribution in [2.24, 2.45) is 0 Å². The summed E-state index contributed by atoms with van der Waals surface area (Å²) >= 11 is 0. The molecule has 8 heteroatoms. The Morgan fingerprint density at radius 1 is 1.07 bits per heavy atom. The summed E-state index contributed by atoms with van der Waals surface area (Å²) in [5.74, 6) is -1.89. The number of carbonyl (C=O) groups is 4. The second kappa shape index (κ2) is 9.18. The Labute approximate surface area is 168 Å². The molecule has 29 heavy (non-hydrogen) atoms. The molecular formula is C21H24N2O6. The first kappa shape index (κ1) is 21.9. The first-order chi connectivity index (χ1) is 13.6. The molecule has 1 aromatic heterocycles. The number of H-pyrrole nitrogens is 1. The molecule has 0 aliphatic carbocycles. The number of aromatic amines is 1. The number of aryl methyl sites for hydroxylation is 1. The van der Waals surface area contributed by atoms with Gasteiger partial charge in [0.15, 0.2) is 11.9 Å². The van der Waals surface area contributed by atoms with Crippen LogP contribution in [0.3, 0.4) is 0 Å². The fourth-order valence-corrected chi connectivity index (χ4v) is 2.77. The maximum atomic E-state index is 12.6. The highest BCUT2D eigenvalue weighted by molar-refractivity contribution is 6.01. The van der Waals surface area contributed by atoms with Gasteiger partial charge in [0.25, 0.3) is 5.91 Å². The molecule has 1 atom stereocenters. The lowest BCUT2D eigenvalue weighted by atomic mass is 10.1. The van der Waals surface area contributed by atoms with Gasteiger partial charge in [-0.1, -0.05) is 0 Å². The molecule has 0 bridgehead atoms. The standard InChI is InChI=1S/C21H24N2O6/c1-6-28-21(27)18-11(2)17(12(3)22-18)20(26)29-14(5)19(25)23-16-9-7-15(8-10-16)13(4)24/h7-10,14,22H,6H2,1-5H3,(H,23,25)/t14-/m1/s1. The second-order valence-electron chi connectivity index (χ2n) is 6.52. The van der Waals surface area contributed by atoms with E-state index in [4.69, 9.17) is 9.47 Å². The Balaban J connectivity index is 2.07. The van der Waals surface area contributed by atoms with Crippen LogP contribution in [0, 0.1) is 13.8 Å². The summed E-state index contributed by atoms with van der Waals surface area (Å²) in [7, 11) is 0. The van der Waals surface area contributed by atoms with Gasteiger partial charge in [0.05, 0.1) is 12.2 Å². The van der Waals surface area contributed by atoms with Crippen molar-refractivity contribution in [1.29, 1.82) is 0 Å². The quantitative estimate of drug-likeness (QED) is 0.545. The van der Waals surface area contributed by atoms with E-state index in [0.29, 0.717) is 22.5 Å². The normalized spacial score (nSPS) is 11.5. The molecule has 0 saturated heterocycles. The number of carbonyl (C=O) groups excluding carboxylic acids is 4. The van der Waals surface area contributed by atoms with Crippen molar-refractivity contribution in [1.82, 2.24) is 4.98 Å². The Morgan fingerprint density at radius 2 is 1.69 bits per heavy atom. The van der Waals surface area contributed by atoms with Gasteiger partial charge in [-0.25, -0.2) is 9.59 Å². The first-order valence-corrected chi connectivity index (χ1v) is 9.14. The topological polar surface area (TPSA) is 115 Å². The van der Waals surface area contributed by atoms with Crippen molar-refractivity contribution in [3.63, 3.8) is 0 Å². The molecule has 8 nitrogen and oxygen atoms in total. The smallest absolute Gasteiger partial charge is 0.355 e. The van der Waals surface area contributed by atoms with Gasteiger partial charge in [0.1, 0.15) is 5.69 Å². The Bertz CT molecular complexity index is 943. The monoisotopic (exact) mass is 400 g/mol. The van der Waals surface area contributed by atoms with E-state index < -0.39 is 23.9 Å². The van der Waals surface area contributed by atoms with E-state index in [9.17, 15) is 19.2 Å². The summed E-state index contributed by atoms with van der Waals surface area (Å²) in [6.07, 6.45) is -1.07. The van der Waals surface area contributed by atoms with Crippen LogP contribution in [0.15, 0.2) is 24.3 Å². The molecule has 1 amide bonds. The maximum Gasteiger partial charge on any atom is 0.355 e. The number of ether oxygens (including phenoxy) is 2. The number of hydrogen-bond donors (Lipinski definition) is 2. The largest absolute Gasteiger partial charge is 0.461 e. The number of nitrogens with one attached hydrogen (secondary N) is 2. The van der Waals surface area contributed by atoms with Crippen LogP contribution in [0.1, 0.15) is 63.2 Å². The molecule has 1 heterocycles. The number of Topliss-reactive ketones (excluding diaryl/α,β-unsaturated/α-hetero) is 1. The van der Waals surface area contributed by atoms with Gasteiger partial charge in [-0.3, -0.25) is 9.59 Å². The maximum absolute atomic E-state index is 12.6. The molecule has 2 N–H and O–H groups in total. The third-order valence-corrected chi connectivity index (χ3v) is 4.33. The van der Waals surface area contributed by atoms with Gasteiger partial charge in [-0.05, 0) is 64.4 Å². The molecule has 1 aromatic carbocycles. The number of aromatic nitrogens is 1. The first-order valence-electron chi connectivity index (χ1n) is 9.14. The Morgan fingerprint density at radius 3 is 2.24 bits per heavy atom. The van der Waals surface area contributed by atoms with Crippen LogP contribution in [0.4, 0.5) is 5.69 Å². The highest BCUT2D eigenvalue weighted by atomic mass is 16.5. The molecule has 0 saturated carbocycles. The van der Waals surface area contributed by atoms with E-state index >= 15 is 0 Å². The Hall–Kier alpha value is -3.42. The van der Waals surface area contributed by atoms with Crippen molar-refractivity contribution in [3.05, 3.63) is 52.3 Å². The van der Waals surface area contributed by atoms with Crippen molar-refractivity contribution in [2.45, 2.75) is 40.7 Å². The molecule has 0 aliphatic rings. The van der Waals surface area contributed by atoms with Crippen molar-refractivity contribution in [3.8, 4) is 0 Å². The highest BCUT2D eigenvalue weighted by Crippen LogP contribution is 2.21.